The van der Waals surface area contributed by atoms with Crippen LogP contribution in [0.15, 0.2) is 54.7 Å². The van der Waals surface area contributed by atoms with Crippen molar-refractivity contribution in [2.45, 2.75) is 6.54 Å². The van der Waals surface area contributed by atoms with Gasteiger partial charge in [-0.25, -0.2) is 4.98 Å². The van der Waals surface area contributed by atoms with Gasteiger partial charge in [0, 0.05) is 44.3 Å². The monoisotopic (exact) mass is 334 g/mol. The van der Waals surface area contributed by atoms with Crippen molar-refractivity contribution in [3.05, 3.63) is 60.4 Å². The van der Waals surface area contributed by atoms with E-state index in [1.165, 1.54) is 0 Å². The molecule has 0 atom stereocenters. The lowest BCUT2D eigenvalue weighted by Crippen LogP contribution is -2.46. The quantitative estimate of drug-likeness (QED) is 0.734. The Morgan fingerprint density at radius 1 is 1.00 bits per heavy atom. The summed E-state index contributed by atoms with van der Waals surface area (Å²) in [7, 11) is 1.69. The fraction of sp³-hybridized carbons (Fsp3) is 0.300. The summed E-state index contributed by atoms with van der Waals surface area (Å²) in [6, 6.07) is 16.3. The number of fused-ring (bicyclic) bond motifs is 1. The Morgan fingerprint density at radius 3 is 2.64 bits per heavy atom. The van der Waals surface area contributed by atoms with Gasteiger partial charge in [0.05, 0.1) is 18.3 Å². The minimum Gasteiger partial charge on any atom is -0.497 e. The number of nitrogens with zero attached hydrogens (tertiary/aromatic N) is 4. The summed E-state index contributed by atoms with van der Waals surface area (Å²) in [5.41, 5.74) is 2.14. The van der Waals surface area contributed by atoms with Gasteiger partial charge in [0.2, 0.25) is 0 Å². The predicted octanol–water partition coefficient (Wildman–Crippen LogP) is 2.96. The minimum absolute atomic E-state index is 0.866. The zero-order valence-electron chi connectivity index (χ0n) is 14.4. The fourth-order valence-corrected chi connectivity index (χ4v) is 3.25. The Bertz CT molecular complexity index is 845. The molecule has 2 aromatic heterocycles. The molecule has 0 bridgehead atoms. The third kappa shape index (κ3) is 3.56. The normalized spacial score (nSPS) is 15.5. The van der Waals surface area contributed by atoms with Crippen LogP contribution in [0.2, 0.25) is 0 Å². The molecule has 3 heterocycles. The second-order valence-electron chi connectivity index (χ2n) is 6.31. The van der Waals surface area contributed by atoms with E-state index in [2.05, 4.69) is 33.0 Å². The number of aromatic nitrogens is 2. The van der Waals surface area contributed by atoms with Gasteiger partial charge in [0.25, 0.3) is 0 Å². The summed E-state index contributed by atoms with van der Waals surface area (Å²) in [5.74, 6) is 1.92. The first kappa shape index (κ1) is 15.8. The molecule has 0 N–H and O–H groups in total. The molecule has 0 spiro atoms. The van der Waals surface area contributed by atoms with Crippen LogP contribution in [-0.2, 0) is 6.54 Å². The molecular weight excluding hydrogens is 312 g/mol. The topological polar surface area (TPSA) is 41.5 Å². The van der Waals surface area contributed by atoms with Gasteiger partial charge in [-0.05, 0) is 42.5 Å². The average Bonchev–Trinajstić information content (AvgIpc) is 2.68. The fourth-order valence-electron chi connectivity index (χ4n) is 3.25. The van der Waals surface area contributed by atoms with Crippen molar-refractivity contribution in [2.75, 3.05) is 38.2 Å². The molecular formula is C20H22N4O. The summed E-state index contributed by atoms with van der Waals surface area (Å²) in [4.78, 5) is 14.1. The molecule has 128 valence electrons. The number of benzene rings is 1. The molecule has 1 fully saturated rings. The number of ether oxygens (including phenoxy) is 1. The van der Waals surface area contributed by atoms with Gasteiger partial charge in [0.15, 0.2) is 0 Å². The maximum atomic E-state index is 5.28. The Hall–Kier alpha value is -2.66. The molecule has 25 heavy (non-hydrogen) atoms. The highest BCUT2D eigenvalue weighted by Crippen LogP contribution is 2.23. The molecule has 5 heteroatoms. The second-order valence-corrected chi connectivity index (χ2v) is 6.31. The maximum absolute atomic E-state index is 5.28. The van der Waals surface area contributed by atoms with E-state index in [0.717, 1.165) is 60.9 Å². The zero-order valence-corrected chi connectivity index (χ0v) is 14.4. The second kappa shape index (κ2) is 7.07. The SMILES string of the molecule is COc1ccc2nc(N3CCN(Cc4ccccn4)CC3)ccc2c1. The van der Waals surface area contributed by atoms with Crippen molar-refractivity contribution in [2.24, 2.45) is 0 Å². The highest BCUT2D eigenvalue weighted by molar-refractivity contribution is 5.81. The van der Waals surface area contributed by atoms with E-state index >= 15 is 0 Å². The number of pyridine rings is 2. The number of rotatable bonds is 4. The van der Waals surface area contributed by atoms with Crippen LogP contribution >= 0.6 is 0 Å². The molecule has 4 rings (SSSR count). The van der Waals surface area contributed by atoms with E-state index in [9.17, 15) is 0 Å². The highest BCUT2D eigenvalue weighted by Gasteiger charge is 2.18. The van der Waals surface area contributed by atoms with Crippen LogP contribution < -0.4 is 9.64 Å². The van der Waals surface area contributed by atoms with Crippen LogP contribution in [-0.4, -0.2) is 48.2 Å². The van der Waals surface area contributed by atoms with Gasteiger partial charge in [-0.1, -0.05) is 6.07 Å². The predicted molar refractivity (Wildman–Crippen MR) is 100 cm³/mol. The van der Waals surface area contributed by atoms with Crippen molar-refractivity contribution in [3.63, 3.8) is 0 Å². The van der Waals surface area contributed by atoms with E-state index in [1.807, 2.05) is 36.5 Å². The molecule has 1 aliphatic rings. The van der Waals surface area contributed by atoms with Crippen LogP contribution in [0.3, 0.4) is 0 Å². The third-order valence-corrected chi connectivity index (χ3v) is 4.69. The van der Waals surface area contributed by atoms with Crippen LogP contribution in [0.4, 0.5) is 5.82 Å². The van der Waals surface area contributed by atoms with E-state index < -0.39 is 0 Å². The molecule has 1 aliphatic heterocycles. The molecule has 1 aromatic carbocycles. The van der Waals surface area contributed by atoms with E-state index in [1.54, 1.807) is 7.11 Å². The van der Waals surface area contributed by atoms with Crippen molar-refractivity contribution in [1.82, 2.24) is 14.9 Å². The lowest BCUT2D eigenvalue weighted by atomic mass is 10.2. The minimum atomic E-state index is 0.866. The Balaban J connectivity index is 1.42. The van der Waals surface area contributed by atoms with Crippen molar-refractivity contribution in [1.29, 1.82) is 0 Å². The summed E-state index contributed by atoms with van der Waals surface area (Å²) in [5, 5.41) is 1.11. The lowest BCUT2D eigenvalue weighted by molar-refractivity contribution is 0.246. The van der Waals surface area contributed by atoms with Crippen molar-refractivity contribution in [3.8, 4) is 5.75 Å². The molecule has 3 aromatic rings. The van der Waals surface area contributed by atoms with Crippen LogP contribution in [0.1, 0.15) is 5.69 Å². The van der Waals surface area contributed by atoms with E-state index in [0.29, 0.717) is 0 Å². The maximum Gasteiger partial charge on any atom is 0.129 e. The molecule has 1 saturated heterocycles. The van der Waals surface area contributed by atoms with Gasteiger partial charge in [-0.2, -0.15) is 0 Å². The van der Waals surface area contributed by atoms with E-state index in [4.69, 9.17) is 9.72 Å². The van der Waals surface area contributed by atoms with E-state index in [-0.39, 0.29) is 0 Å². The first-order valence-electron chi connectivity index (χ1n) is 8.64. The Kier molecular flexibility index (Phi) is 4.48. The molecule has 0 unspecified atom stereocenters. The molecule has 0 saturated carbocycles. The molecule has 0 amide bonds. The lowest BCUT2D eigenvalue weighted by Gasteiger charge is -2.35. The number of anilines is 1. The Morgan fingerprint density at radius 2 is 1.88 bits per heavy atom. The van der Waals surface area contributed by atoms with Gasteiger partial charge in [-0.15, -0.1) is 0 Å². The smallest absolute Gasteiger partial charge is 0.129 e. The summed E-state index contributed by atoms with van der Waals surface area (Å²) < 4.78 is 5.28. The van der Waals surface area contributed by atoms with Gasteiger partial charge >= 0.3 is 0 Å². The molecule has 0 radical (unpaired) electrons. The Labute approximate surface area is 147 Å². The summed E-state index contributed by atoms with van der Waals surface area (Å²) in [6.07, 6.45) is 1.86. The average molecular weight is 334 g/mol. The largest absolute Gasteiger partial charge is 0.497 e. The number of methoxy groups -OCH3 is 1. The van der Waals surface area contributed by atoms with Crippen molar-refractivity contribution < 1.29 is 4.74 Å². The van der Waals surface area contributed by atoms with Crippen molar-refractivity contribution >= 4 is 16.7 Å². The number of hydrogen-bond donors (Lipinski definition) is 0. The van der Waals surface area contributed by atoms with Gasteiger partial charge in [0.1, 0.15) is 11.6 Å². The van der Waals surface area contributed by atoms with Crippen LogP contribution in [0, 0.1) is 0 Å². The number of hydrogen-bond acceptors (Lipinski definition) is 5. The number of piperazine rings is 1. The summed E-state index contributed by atoms with van der Waals surface area (Å²) in [6.45, 7) is 4.94. The zero-order chi connectivity index (χ0) is 17.1. The molecule has 5 nitrogen and oxygen atoms in total. The first-order valence-corrected chi connectivity index (χ1v) is 8.64. The molecule has 0 aliphatic carbocycles. The van der Waals surface area contributed by atoms with Crippen LogP contribution in [0.5, 0.6) is 5.75 Å². The standard InChI is InChI=1S/C20H22N4O/c1-25-18-6-7-19-16(14-18)5-8-20(22-19)24-12-10-23(11-13-24)15-17-4-2-3-9-21-17/h2-9,14H,10-13,15H2,1H3. The van der Waals surface area contributed by atoms with Gasteiger partial charge in [-0.3, -0.25) is 9.88 Å². The first-order chi connectivity index (χ1) is 12.3. The highest BCUT2D eigenvalue weighted by atomic mass is 16.5. The third-order valence-electron chi connectivity index (χ3n) is 4.69. The summed E-state index contributed by atoms with van der Waals surface area (Å²) >= 11 is 0. The van der Waals surface area contributed by atoms with Gasteiger partial charge < -0.3 is 9.64 Å². The van der Waals surface area contributed by atoms with Crippen LogP contribution in [0.25, 0.3) is 10.9 Å².